The van der Waals surface area contributed by atoms with E-state index in [0.717, 1.165) is 59.4 Å². The minimum absolute atomic E-state index is 0.0248. The molecule has 1 fully saturated rings. The smallest absolute Gasteiger partial charge is 0.343 e. The molecule has 0 spiro atoms. The molecular formula is C31H36N4O4. The molecule has 5 rings (SSSR count). The molecule has 1 aliphatic rings. The fraction of sp³-hybridized carbons (Fsp3) is 0.419. The number of carbonyl (C=O) groups is 2. The molecule has 3 heterocycles. The molecule has 0 N–H and O–H groups in total. The second kappa shape index (κ2) is 11.0. The molecule has 204 valence electrons. The molecule has 0 saturated heterocycles. The number of hydrogen-bond donors (Lipinski definition) is 0. The average Bonchev–Trinajstić information content (AvgIpc) is 3.55. The number of anilines is 1. The Morgan fingerprint density at radius 2 is 1.85 bits per heavy atom. The number of fused-ring (bicyclic) bond motifs is 1. The maximum absolute atomic E-state index is 13.7. The van der Waals surface area contributed by atoms with Crippen molar-refractivity contribution in [2.75, 3.05) is 11.5 Å². The predicted octanol–water partition coefficient (Wildman–Crippen LogP) is 6.73. The van der Waals surface area contributed by atoms with Gasteiger partial charge in [0.25, 0.3) is 0 Å². The van der Waals surface area contributed by atoms with Crippen LogP contribution in [0.25, 0.3) is 28.1 Å². The Hall–Kier alpha value is -3.94. The summed E-state index contributed by atoms with van der Waals surface area (Å²) in [6.07, 6.45) is 7.22. The van der Waals surface area contributed by atoms with Crippen LogP contribution in [-0.2, 0) is 9.53 Å². The van der Waals surface area contributed by atoms with Crippen molar-refractivity contribution in [1.29, 1.82) is 0 Å². The summed E-state index contributed by atoms with van der Waals surface area (Å²) in [5.74, 6) is 1.18. The molecule has 0 radical (unpaired) electrons. The summed E-state index contributed by atoms with van der Waals surface area (Å²) >= 11 is 0. The van der Waals surface area contributed by atoms with E-state index in [0.29, 0.717) is 11.7 Å². The summed E-state index contributed by atoms with van der Waals surface area (Å²) < 4.78 is 13.1. The lowest BCUT2D eigenvalue weighted by molar-refractivity contribution is -0.124. The zero-order valence-corrected chi connectivity index (χ0v) is 23.3. The fourth-order valence-electron chi connectivity index (χ4n) is 5.32. The first-order chi connectivity index (χ1) is 18.8. The maximum Gasteiger partial charge on any atom is 0.343 e. The number of benzene rings is 1. The third-order valence-corrected chi connectivity index (χ3v) is 7.56. The van der Waals surface area contributed by atoms with Crippen molar-refractivity contribution in [3.8, 4) is 17.0 Å². The summed E-state index contributed by atoms with van der Waals surface area (Å²) in [4.78, 5) is 32.8. The summed E-state index contributed by atoms with van der Waals surface area (Å²) in [7, 11) is 0. The van der Waals surface area contributed by atoms with Gasteiger partial charge < -0.3 is 9.15 Å². The number of furan rings is 1. The van der Waals surface area contributed by atoms with Crippen LogP contribution in [0.4, 0.5) is 5.82 Å². The van der Waals surface area contributed by atoms with Crippen molar-refractivity contribution < 1.29 is 18.7 Å². The third kappa shape index (κ3) is 5.33. The summed E-state index contributed by atoms with van der Waals surface area (Å²) in [6.45, 7) is 10.1. The van der Waals surface area contributed by atoms with Crippen molar-refractivity contribution in [3.05, 3.63) is 59.9 Å². The van der Waals surface area contributed by atoms with Gasteiger partial charge in [0.15, 0.2) is 11.4 Å². The van der Waals surface area contributed by atoms with E-state index in [-0.39, 0.29) is 30.0 Å². The fourth-order valence-corrected chi connectivity index (χ4v) is 5.32. The lowest BCUT2D eigenvalue weighted by Crippen LogP contribution is -2.43. The number of hydrogen-bond acceptors (Lipinski definition) is 6. The highest BCUT2D eigenvalue weighted by Crippen LogP contribution is 2.33. The Balaban J connectivity index is 1.49. The highest BCUT2D eigenvalue weighted by molar-refractivity contribution is 6.02. The highest BCUT2D eigenvalue weighted by atomic mass is 16.5. The SMILES string of the molecule is CCOC(=O)c1cn(-c2ccc(-c3cc4nccc(C)c4o3)cc2)nc1N(C(=O)[C@H]1CC[C@H](C)CC1)C(C)C. The third-order valence-electron chi connectivity index (χ3n) is 7.56. The van der Waals surface area contributed by atoms with E-state index in [1.807, 2.05) is 57.2 Å². The number of aryl methyl sites for hydroxylation is 1. The van der Waals surface area contributed by atoms with Gasteiger partial charge in [-0.2, -0.15) is 0 Å². The minimum atomic E-state index is -0.490. The first-order valence-electron chi connectivity index (χ1n) is 13.8. The number of esters is 1. The Labute approximate surface area is 229 Å². The monoisotopic (exact) mass is 528 g/mol. The van der Waals surface area contributed by atoms with Crippen LogP contribution in [0.1, 0.15) is 69.3 Å². The molecule has 4 aromatic rings. The van der Waals surface area contributed by atoms with Crippen molar-refractivity contribution in [2.24, 2.45) is 11.8 Å². The summed E-state index contributed by atoms with van der Waals surface area (Å²) in [5, 5.41) is 4.77. The van der Waals surface area contributed by atoms with Crippen LogP contribution in [0.15, 0.2) is 53.2 Å². The van der Waals surface area contributed by atoms with Crippen LogP contribution in [0.5, 0.6) is 0 Å². The average molecular weight is 529 g/mol. The number of ether oxygens (including phenoxy) is 1. The zero-order valence-electron chi connectivity index (χ0n) is 23.3. The molecule has 0 atom stereocenters. The molecule has 1 aliphatic carbocycles. The van der Waals surface area contributed by atoms with Crippen molar-refractivity contribution in [1.82, 2.24) is 14.8 Å². The van der Waals surface area contributed by atoms with E-state index in [4.69, 9.17) is 14.3 Å². The molecule has 8 heteroatoms. The van der Waals surface area contributed by atoms with Gasteiger partial charge in [-0.05, 0) is 95.2 Å². The second-order valence-corrected chi connectivity index (χ2v) is 10.8. The standard InChI is InChI=1S/C31H36N4O4/c1-6-38-31(37)25-18-34(33-29(25)35(19(2)3)30(36)23-9-7-20(4)8-10-23)24-13-11-22(12-14-24)27-17-26-28(39-27)21(5)15-16-32-26/h11-20,23H,6-10H2,1-5H3/t20-,23-. The van der Waals surface area contributed by atoms with Gasteiger partial charge in [0.2, 0.25) is 5.91 Å². The Kier molecular flexibility index (Phi) is 7.55. The first-order valence-corrected chi connectivity index (χ1v) is 13.8. The molecule has 0 bridgehead atoms. The number of aromatic nitrogens is 3. The zero-order chi connectivity index (χ0) is 27.7. The molecule has 8 nitrogen and oxygen atoms in total. The van der Waals surface area contributed by atoms with Crippen LogP contribution in [0, 0.1) is 18.8 Å². The number of nitrogens with zero attached hydrogens (tertiary/aromatic N) is 4. The highest BCUT2D eigenvalue weighted by Gasteiger charge is 2.34. The normalized spacial score (nSPS) is 17.5. The van der Waals surface area contributed by atoms with E-state index in [1.165, 1.54) is 0 Å². The van der Waals surface area contributed by atoms with Gasteiger partial charge in [-0.1, -0.05) is 6.92 Å². The largest absolute Gasteiger partial charge is 0.462 e. The number of amides is 1. The first kappa shape index (κ1) is 26.7. The lowest BCUT2D eigenvalue weighted by atomic mass is 9.82. The van der Waals surface area contributed by atoms with Crippen LogP contribution in [-0.4, -0.2) is 39.3 Å². The Morgan fingerprint density at radius 3 is 2.49 bits per heavy atom. The Bertz CT molecular complexity index is 1480. The van der Waals surface area contributed by atoms with Gasteiger partial charge in [-0.3, -0.25) is 14.7 Å². The topological polar surface area (TPSA) is 90.5 Å². The summed E-state index contributed by atoms with van der Waals surface area (Å²) in [6, 6.07) is 11.4. The van der Waals surface area contributed by atoms with E-state index in [1.54, 1.807) is 28.9 Å². The van der Waals surface area contributed by atoms with Gasteiger partial charge in [-0.25, -0.2) is 9.48 Å². The van der Waals surface area contributed by atoms with Crippen LogP contribution in [0.2, 0.25) is 0 Å². The quantitative estimate of drug-likeness (QED) is 0.247. The predicted molar refractivity (Wildman–Crippen MR) is 151 cm³/mol. The van der Waals surface area contributed by atoms with Gasteiger partial charge in [0, 0.05) is 36.0 Å². The lowest BCUT2D eigenvalue weighted by Gasteiger charge is -2.32. The van der Waals surface area contributed by atoms with E-state index in [2.05, 4.69) is 11.9 Å². The molecule has 1 saturated carbocycles. The number of pyridine rings is 1. The molecule has 39 heavy (non-hydrogen) atoms. The van der Waals surface area contributed by atoms with Crippen molar-refractivity contribution in [2.45, 2.75) is 66.3 Å². The molecule has 1 amide bonds. The minimum Gasteiger partial charge on any atom is -0.462 e. The van der Waals surface area contributed by atoms with Crippen LogP contribution in [0.3, 0.4) is 0 Å². The Morgan fingerprint density at radius 1 is 1.13 bits per heavy atom. The van der Waals surface area contributed by atoms with E-state index < -0.39 is 5.97 Å². The van der Waals surface area contributed by atoms with Crippen LogP contribution >= 0.6 is 0 Å². The maximum atomic E-state index is 13.7. The van der Waals surface area contributed by atoms with Crippen LogP contribution < -0.4 is 4.90 Å². The molecule has 3 aromatic heterocycles. The molecule has 0 unspecified atom stereocenters. The van der Waals surface area contributed by atoms with Gasteiger partial charge in [-0.15, -0.1) is 5.10 Å². The second-order valence-electron chi connectivity index (χ2n) is 10.8. The number of carbonyl (C=O) groups excluding carboxylic acids is 2. The summed E-state index contributed by atoms with van der Waals surface area (Å²) in [5.41, 5.74) is 4.56. The van der Waals surface area contributed by atoms with Gasteiger partial charge in [0.1, 0.15) is 16.8 Å². The van der Waals surface area contributed by atoms with E-state index >= 15 is 0 Å². The molecule has 0 aliphatic heterocycles. The van der Waals surface area contributed by atoms with Gasteiger partial charge >= 0.3 is 5.97 Å². The molecular weight excluding hydrogens is 492 g/mol. The van der Waals surface area contributed by atoms with E-state index in [9.17, 15) is 9.59 Å². The van der Waals surface area contributed by atoms with Crippen molar-refractivity contribution in [3.63, 3.8) is 0 Å². The van der Waals surface area contributed by atoms with Gasteiger partial charge in [0.05, 0.1) is 12.3 Å². The van der Waals surface area contributed by atoms with Crippen molar-refractivity contribution >= 4 is 28.8 Å². The molecule has 1 aromatic carbocycles. The number of rotatable bonds is 7.